The zero-order valence-corrected chi connectivity index (χ0v) is 12.5. The molecule has 0 aromatic heterocycles. The first-order valence-electron chi connectivity index (χ1n) is 7.13. The van der Waals surface area contributed by atoms with Crippen molar-refractivity contribution in [3.63, 3.8) is 0 Å². The predicted molar refractivity (Wildman–Crippen MR) is 80.0 cm³/mol. The van der Waals surface area contributed by atoms with E-state index in [9.17, 15) is 9.59 Å². The van der Waals surface area contributed by atoms with E-state index < -0.39 is 17.9 Å². The second-order valence-corrected chi connectivity index (χ2v) is 5.38. The van der Waals surface area contributed by atoms with Gasteiger partial charge in [-0.25, -0.2) is 4.79 Å². The van der Waals surface area contributed by atoms with Crippen LogP contribution < -0.4 is 5.32 Å². The summed E-state index contributed by atoms with van der Waals surface area (Å²) >= 11 is 0. The molecule has 5 heteroatoms. The Labute approximate surface area is 125 Å². The van der Waals surface area contributed by atoms with Crippen molar-refractivity contribution in [3.8, 4) is 0 Å². The highest BCUT2D eigenvalue weighted by molar-refractivity contribution is 5.84. The maximum Gasteiger partial charge on any atom is 0.326 e. The molecule has 1 amide bonds. The Morgan fingerprint density at radius 1 is 1.24 bits per heavy atom. The van der Waals surface area contributed by atoms with Gasteiger partial charge in [0.2, 0.25) is 5.91 Å². The molecule has 0 saturated heterocycles. The van der Waals surface area contributed by atoms with Gasteiger partial charge in [0.15, 0.2) is 0 Å². The third-order valence-electron chi connectivity index (χ3n) is 2.95. The summed E-state index contributed by atoms with van der Waals surface area (Å²) in [5.41, 5.74) is 1.14. The van der Waals surface area contributed by atoms with E-state index in [4.69, 9.17) is 9.84 Å². The van der Waals surface area contributed by atoms with Gasteiger partial charge in [-0.15, -0.1) is 0 Å². The van der Waals surface area contributed by atoms with Gasteiger partial charge in [-0.05, 0) is 24.3 Å². The molecule has 0 radical (unpaired) electrons. The van der Waals surface area contributed by atoms with Crippen LogP contribution >= 0.6 is 0 Å². The summed E-state index contributed by atoms with van der Waals surface area (Å²) in [4.78, 5) is 22.7. The Bertz CT molecular complexity index is 445. The first kappa shape index (κ1) is 17.2. The number of amides is 1. The van der Waals surface area contributed by atoms with Crippen LogP contribution in [0.3, 0.4) is 0 Å². The van der Waals surface area contributed by atoms with E-state index in [1.54, 1.807) is 0 Å². The van der Waals surface area contributed by atoms with E-state index in [0.29, 0.717) is 13.0 Å². The van der Waals surface area contributed by atoms with Crippen molar-refractivity contribution in [2.24, 2.45) is 5.92 Å². The molecule has 0 bridgehead atoms. The highest BCUT2D eigenvalue weighted by Crippen LogP contribution is 2.05. The van der Waals surface area contributed by atoms with Crippen molar-refractivity contribution in [2.75, 3.05) is 13.2 Å². The van der Waals surface area contributed by atoms with Gasteiger partial charge in [0.1, 0.15) is 12.6 Å². The fraction of sp³-hybridized carbons (Fsp3) is 0.500. The summed E-state index contributed by atoms with van der Waals surface area (Å²) in [7, 11) is 0. The molecule has 0 aliphatic heterocycles. The Balaban J connectivity index is 2.25. The number of hydrogen-bond acceptors (Lipinski definition) is 3. The Morgan fingerprint density at radius 2 is 1.90 bits per heavy atom. The standard InChI is InChI=1S/C16H23NO4/c1-12(2)10-14(16(19)20)17-15(18)11-21-9-8-13-6-4-3-5-7-13/h3-7,12,14H,8-11H2,1-2H3,(H,17,18)(H,19,20). The van der Waals surface area contributed by atoms with Crippen molar-refractivity contribution in [2.45, 2.75) is 32.7 Å². The molecule has 5 nitrogen and oxygen atoms in total. The van der Waals surface area contributed by atoms with Crippen LogP contribution in [-0.4, -0.2) is 36.2 Å². The summed E-state index contributed by atoms with van der Waals surface area (Å²) in [6.45, 7) is 4.14. The second-order valence-electron chi connectivity index (χ2n) is 5.38. The molecule has 2 N–H and O–H groups in total. The van der Waals surface area contributed by atoms with Crippen LogP contribution in [0.5, 0.6) is 0 Å². The van der Waals surface area contributed by atoms with Crippen LogP contribution in [0.2, 0.25) is 0 Å². The van der Waals surface area contributed by atoms with Gasteiger partial charge in [0.05, 0.1) is 6.61 Å². The number of carbonyl (C=O) groups excluding carboxylic acids is 1. The average molecular weight is 293 g/mol. The molecule has 1 atom stereocenters. The first-order valence-corrected chi connectivity index (χ1v) is 7.13. The SMILES string of the molecule is CC(C)CC(NC(=O)COCCc1ccccc1)C(=O)O. The van der Waals surface area contributed by atoms with E-state index in [0.717, 1.165) is 12.0 Å². The lowest BCUT2D eigenvalue weighted by molar-refractivity contribution is -0.143. The highest BCUT2D eigenvalue weighted by atomic mass is 16.5. The molecule has 0 aliphatic rings. The molecular formula is C16H23NO4. The molecule has 0 saturated carbocycles. The second kappa shape index (κ2) is 9.13. The minimum absolute atomic E-state index is 0.116. The Kier molecular flexibility index (Phi) is 7.46. The zero-order chi connectivity index (χ0) is 15.7. The number of nitrogens with one attached hydrogen (secondary N) is 1. The quantitative estimate of drug-likeness (QED) is 0.681. The summed E-state index contributed by atoms with van der Waals surface area (Å²) in [5, 5.41) is 11.5. The molecule has 0 heterocycles. The lowest BCUT2D eigenvalue weighted by Crippen LogP contribution is -2.43. The van der Waals surface area contributed by atoms with Gasteiger partial charge >= 0.3 is 5.97 Å². The number of carbonyl (C=O) groups is 2. The van der Waals surface area contributed by atoms with E-state index >= 15 is 0 Å². The monoisotopic (exact) mass is 293 g/mol. The van der Waals surface area contributed by atoms with E-state index in [1.165, 1.54) is 0 Å². The van der Waals surface area contributed by atoms with Gasteiger partial charge in [-0.2, -0.15) is 0 Å². The molecule has 21 heavy (non-hydrogen) atoms. The van der Waals surface area contributed by atoms with E-state index in [-0.39, 0.29) is 12.5 Å². The summed E-state index contributed by atoms with van der Waals surface area (Å²) < 4.78 is 5.28. The van der Waals surface area contributed by atoms with Crippen molar-refractivity contribution in [1.82, 2.24) is 5.32 Å². The minimum atomic E-state index is -1.01. The Hall–Kier alpha value is -1.88. The molecule has 1 aromatic rings. The van der Waals surface area contributed by atoms with Crippen molar-refractivity contribution in [3.05, 3.63) is 35.9 Å². The number of ether oxygens (including phenoxy) is 1. The fourth-order valence-corrected chi connectivity index (χ4v) is 1.93. The maximum atomic E-state index is 11.7. The zero-order valence-electron chi connectivity index (χ0n) is 12.5. The normalized spacial score (nSPS) is 12.1. The molecule has 1 unspecified atom stereocenters. The number of hydrogen-bond donors (Lipinski definition) is 2. The van der Waals surface area contributed by atoms with Crippen LogP contribution in [0.25, 0.3) is 0 Å². The van der Waals surface area contributed by atoms with Crippen molar-refractivity contribution < 1.29 is 19.4 Å². The van der Waals surface area contributed by atoms with Gasteiger partial charge in [0.25, 0.3) is 0 Å². The number of carboxylic acid groups (broad SMARTS) is 1. The van der Waals surface area contributed by atoms with Crippen LogP contribution in [0.15, 0.2) is 30.3 Å². The third kappa shape index (κ3) is 7.46. The predicted octanol–water partition coefficient (Wildman–Crippen LogP) is 1.86. The number of rotatable bonds is 9. The van der Waals surface area contributed by atoms with Gasteiger partial charge in [-0.3, -0.25) is 4.79 Å². The van der Waals surface area contributed by atoms with Gasteiger partial charge in [0, 0.05) is 0 Å². The first-order chi connectivity index (χ1) is 9.99. The van der Waals surface area contributed by atoms with Gasteiger partial charge < -0.3 is 15.2 Å². The van der Waals surface area contributed by atoms with Crippen LogP contribution in [0.1, 0.15) is 25.8 Å². The lowest BCUT2D eigenvalue weighted by atomic mass is 10.0. The number of benzene rings is 1. The summed E-state index contributed by atoms with van der Waals surface area (Å²) in [6, 6.07) is 8.98. The largest absolute Gasteiger partial charge is 0.480 e. The van der Waals surface area contributed by atoms with Crippen molar-refractivity contribution in [1.29, 1.82) is 0 Å². The average Bonchev–Trinajstić information content (AvgIpc) is 2.43. The summed E-state index contributed by atoms with van der Waals surface area (Å²) in [5.74, 6) is -1.21. The van der Waals surface area contributed by atoms with Crippen LogP contribution in [0.4, 0.5) is 0 Å². The van der Waals surface area contributed by atoms with Gasteiger partial charge in [-0.1, -0.05) is 44.2 Å². The molecule has 0 fully saturated rings. The molecule has 0 spiro atoms. The summed E-state index contributed by atoms with van der Waals surface area (Å²) in [6.07, 6.45) is 1.13. The Morgan fingerprint density at radius 3 is 2.48 bits per heavy atom. The third-order valence-corrected chi connectivity index (χ3v) is 2.95. The van der Waals surface area contributed by atoms with Crippen LogP contribution in [-0.2, 0) is 20.7 Å². The topological polar surface area (TPSA) is 75.6 Å². The highest BCUT2D eigenvalue weighted by Gasteiger charge is 2.20. The molecule has 0 aliphatic carbocycles. The van der Waals surface area contributed by atoms with Crippen LogP contribution in [0, 0.1) is 5.92 Å². The smallest absolute Gasteiger partial charge is 0.326 e. The number of aliphatic carboxylic acids is 1. The fourth-order valence-electron chi connectivity index (χ4n) is 1.93. The maximum absolute atomic E-state index is 11.7. The molecule has 116 valence electrons. The number of carboxylic acids is 1. The van der Waals surface area contributed by atoms with E-state index in [2.05, 4.69) is 5.32 Å². The van der Waals surface area contributed by atoms with E-state index in [1.807, 2.05) is 44.2 Å². The lowest BCUT2D eigenvalue weighted by Gasteiger charge is -2.16. The van der Waals surface area contributed by atoms with Crippen molar-refractivity contribution >= 4 is 11.9 Å². The molecular weight excluding hydrogens is 270 g/mol. The molecule has 1 rings (SSSR count). The molecule has 1 aromatic carbocycles. The minimum Gasteiger partial charge on any atom is -0.480 e.